The fourth-order valence-corrected chi connectivity index (χ4v) is 3.23. The van der Waals surface area contributed by atoms with Crippen LogP contribution >= 0.6 is 0 Å². The highest BCUT2D eigenvalue weighted by atomic mass is 16.5. The predicted molar refractivity (Wildman–Crippen MR) is 111 cm³/mol. The highest BCUT2D eigenvalue weighted by Gasteiger charge is 2.21. The number of carbonyl (C=O) groups excluding carboxylic acids is 1. The number of benzene rings is 1. The summed E-state index contributed by atoms with van der Waals surface area (Å²) in [5.41, 5.74) is 2.44. The molecule has 4 rings (SSSR count). The Morgan fingerprint density at radius 3 is 2.97 bits per heavy atom. The highest BCUT2D eigenvalue weighted by Crippen LogP contribution is 2.26. The maximum Gasteiger partial charge on any atom is 0.272 e. The molecule has 0 saturated carbocycles. The fraction of sp³-hybridized carbons (Fsp3) is 0.238. The molecule has 154 valence electrons. The van der Waals surface area contributed by atoms with Gasteiger partial charge in [-0.15, -0.1) is 0 Å². The van der Waals surface area contributed by atoms with E-state index in [1.54, 1.807) is 36.6 Å². The Hall–Kier alpha value is -3.72. The molecule has 1 aromatic carbocycles. The number of methoxy groups -OCH3 is 1. The molecule has 0 bridgehead atoms. The summed E-state index contributed by atoms with van der Waals surface area (Å²) in [7, 11) is 1.61. The van der Waals surface area contributed by atoms with E-state index in [1.165, 1.54) is 0 Å². The lowest BCUT2D eigenvalue weighted by Crippen LogP contribution is -2.25. The van der Waals surface area contributed by atoms with Gasteiger partial charge in [-0.25, -0.2) is 9.67 Å². The molecule has 30 heavy (non-hydrogen) atoms. The number of aliphatic hydroxyl groups is 1. The number of imidazole rings is 1. The summed E-state index contributed by atoms with van der Waals surface area (Å²) in [6.07, 6.45) is 8.05. The first kappa shape index (κ1) is 19.6. The van der Waals surface area contributed by atoms with Gasteiger partial charge in [0, 0.05) is 31.6 Å². The van der Waals surface area contributed by atoms with E-state index in [0.717, 1.165) is 11.4 Å². The SMILES string of the molecule is COc1cccc(-n2nccc2-c2nc(C(=O)NCCCCO)c3cnccn23)c1. The molecule has 0 radical (unpaired) electrons. The number of unbranched alkanes of at least 4 members (excludes halogenated alkanes) is 1. The minimum atomic E-state index is -0.280. The number of amides is 1. The predicted octanol–water partition coefficient (Wildman–Crippen LogP) is 2.09. The van der Waals surface area contributed by atoms with Crippen molar-refractivity contribution in [3.63, 3.8) is 0 Å². The van der Waals surface area contributed by atoms with Gasteiger partial charge in [0.05, 0.1) is 30.7 Å². The molecule has 0 spiro atoms. The first-order chi connectivity index (χ1) is 14.7. The molecule has 0 saturated heterocycles. The van der Waals surface area contributed by atoms with Crippen LogP contribution in [0.5, 0.6) is 5.75 Å². The van der Waals surface area contributed by atoms with E-state index in [9.17, 15) is 4.79 Å². The number of nitrogens with one attached hydrogen (secondary N) is 1. The van der Waals surface area contributed by atoms with Crippen LogP contribution in [0.2, 0.25) is 0 Å². The zero-order valence-corrected chi connectivity index (χ0v) is 16.5. The number of hydrogen-bond donors (Lipinski definition) is 2. The molecule has 9 nitrogen and oxygen atoms in total. The van der Waals surface area contributed by atoms with Gasteiger partial charge in [0.2, 0.25) is 0 Å². The lowest BCUT2D eigenvalue weighted by Gasteiger charge is -2.08. The van der Waals surface area contributed by atoms with Gasteiger partial charge in [0.25, 0.3) is 5.91 Å². The molecule has 0 atom stereocenters. The molecule has 0 aliphatic carbocycles. The van der Waals surface area contributed by atoms with E-state index in [0.29, 0.717) is 42.2 Å². The van der Waals surface area contributed by atoms with Crippen molar-refractivity contribution in [2.24, 2.45) is 0 Å². The Kier molecular flexibility index (Phi) is 5.71. The molecular weight excluding hydrogens is 384 g/mol. The Morgan fingerprint density at radius 2 is 2.13 bits per heavy atom. The fourth-order valence-electron chi connectivity index (χ4n) is 3.23. The van der Waals surface area contributed by atoms with Crippen molar-refractivity contribution in [1.82, 2.24) is 29.5 Å². The molecule has 3 heterocycles. The molecule has 9 heteroatoms. The van der Waals surface area contributed by atoms with Gasteiger partial charge in [-0.05, 0) is 31.0 Å². The van der Waals surface area contributed by atoms with Crippen LogP contribution in [-0.2, 0) is 0 Å². The standard InChI is InChI=1S/C21H22N6O3/c1-30-16-6-4-5-15(13-16)27-17(7-9-24-27)20-25-19(18-14-22-10-11-26(18)20)21(29)23-8-2-3-12-28/h4-7,9-11,13-14,28H,2-3,8,12H2,1H3,(H,23,29). The Bertz CT molecular complexity index is 1170. The topological polar surface area (TPSA) is 107 Å². The van der Waals surface area contributed by atoms with E-state index >= 15 is 0 Å². The van der Waals surface area contributed by atoms with Crippen LogP contribution in [0, 0.1) is 0 Å². The van der Waals surface area contributed by atoms with Gasteiger partial charge in [-0.1, -0.05) is 6.07 Å². The number of nitrogens with zero attached hydrogens (tertiary/aromatic N) is 5. The van der Waals surface area contributed by atoms with Gasteiger partial charge >= 0.3 is 0 Å². The van der Waals surface area contributed by atoms with Crippen LogP contribution in [0.4, 0.5) is 0 Å². The van der Waals surface area contributed by atoms with Crippen molar-refractivity contribution in [2.75, 3.05) is 20.3 Å². The maximum atomic E-state index is 12.7. The van der Waals surface area contributed by atoms with Crippen LogP contribution < -0.4 is 10.1 Å². The average Bonchev–Trinajstić information content (AvgIpc) is 3.41. The van der Waals surface area contributed by atoms with Crippen LogP contribution in [-0.4, -0.2) is 55.4 Å². The molecule has 2 N–H and O–H groups in total. The molecule has 3 aromatic heterocycles. The minimum Gasteiger partial charge on any atom is -0.497 e. The quantitative estimate of drug-likeness (QED) is 0.434. The smallest absolute Gasteiger partial charge is 0.272 e. The Morgan fingerprint density at radius 1 is 1.23 bits per heavy atom. The van der Waals surface area contributed by atoms with Crippen molar-refractivity contribution < 1.29 is 14.6 Å². The highest BCUT2D eigenvalue weighted by molar-refractivity contribution is 5.99. The van der Waals surface area contributed by atoms with E-state index in [2.05, 4.69) is 20.4 Å². The van der Waals surface area contributed by atoms with E-state index < -0.39 is 0 Å². The zero-order valence-electron chi connectivity index (χ0n) is 16.5. The molecule has 1 amide bonds. The monoisotopic (exact) mass is 406 g/mol. The summed E-state index contributed by atoms with van der Waals surface area (Å²) >= 11 is 0. The average molecular weight is 406 g/mol. The molecule has 4 aromatic rings. The first-order valence-electron chi connectivity index (χ1n) is 9.63. The van der Waals surface area contributed by atoms with Crippen molar-refractivity contribution >= 4 is 11.4 Å². The minimum absolute atomic E-state index is 0.103. The number of aliphatic hydroxyl groups excluding tert-OH is 1. The second-order valence-electron chi connectivity index (χ2n) is 6.63. The maximum absolute atomic E-state index is 12.7. The number of rotatable bonds is 8. The molecular formula is C21H22N6O3. The summed E-state index contributed by atoms with van der Waals surface area (Å²) in [5, 5.41) is 16.2. The van der Waals surface area contributed by atoms with Gasteiger partial charge in [-0.2, -0.15) is 5.10 Å². The number of fused-ring (bicyclic) bond motifs is 1. The normalized spacial score (nSPS) is 11.0. The van der Waals surface area contributed by atoms with Crippen LogP contribution in [0.3, 0.4) is 0 Å². The molecule has 0 aliphatic rings. The summed E-state index contributed by atoms with van der Waals surface area (Å²) in [4.78, 5) is 21.5. The summed E-state index contributed by atoms with van der Waals surface area (Å²) in [6, 6.07) is 9.40. The van der Waals surface area contributed by atoms with Gasteiger partial charge in [0.1, 0.15) is 11.4 Å². The number of carbonyl (C=O) groups is 1. The zero-order chi connectivity index (χ0) is 20.9. The van der Waals surface area contributed by atoms with Crippen molar-refractivity contribution in [3.8, 4) is 23.0 Å². The third kappa shape index (κ3) is 3.74. The van der Waals surface area contributed by atoms with Crippen molar-refractivity contribution in [1.29, 1.82) is 0 Å². The molecule has 0 fully saturated rings. The second-order valence-corrected chi connectivity index (χ2v) is 6.63. The van der Waals surface area contributed by atoms with Crippen LogP contribution in [0.1, 0.15) is 23.3 Å². The second kappa shape index (κ2) is 8.75. The molecule has 0 unspecified atom stereocenters. The third-order valence-electron chi connectivity index (χ3n) is 4.70. The van der Waals surface area contributed by atoms with E-state index in [-0.39, 0.29) is 12.5 Å². The summed E-state index contributed by atoms with van der Waals surface area (Å²) < 4.78 is 8.89. The number of aromatic nitrogens is 5. The van der Waals surface area contributed by atoms with Gasteiger partial charge in [-0.3, -0.25) is 14.2 Å². The lowest BCUT2D eigenvalue weighted by atomic mass is 10.3. The Balaban J connectivity index is 1.74. The Labute approximate surface area is 173 Å². The summed E-state index contributed by atoms with van der Waals surface area (Å²) in [5.74, 6) is 1.01. The third-order valence-corrected chi connectivity index (χ3v) is 4.70. The lowest BCUT2D eigenvalue weighted by molar-refractivity contribution is 0.0949. The number of ether oxygens (including phenoxy) is 1. The van der Waals surface area contributed by atoms with E-state index in [4.69, 9.17) is 9.84 Å². The largest absolute Gasteiger partial charge is 0.497 e. The first-order valence-corrected chi connectivity index (χ1v) is 9.63. The van der Waals surface area contributed by atoms with E-state index in [1.807, 2.05) is 34.7 Å². The van der Waals surface area contributed by atoms with Gasteiger partial charge in [0.15, 0.2) is 11.5 Å². The van der Waals surface area contributed by atoms with Crippen molar-refractivity contribution in [3.05, 3.63) is 60.8 Å². The van der Waals surface area contributed by atoms with Gasteiger partial charge < -0.3 is 15.2 Å². The van der Waals surface area contributed by atoms with Crippen LogP contribution in [0.15, 0.2) is 55.1 Å². The molecule has 0 aliphatic heterocycles. The summed E-state index contributed by atoms with van der Waals surface area (Å²) in [6.45, 7) is 0.571. The van der Waals surface area contributed by atoms with Crippen molar-refractivity contribution in [2.45, 2.75) is 12.8 Å². The van der Waals surface area contributed by atoms with Crippen LogP contribution in [0.25, 0.3) is 22.7 Å². The number of hydrogen-bond acceptors (Lipinski definition) is 6.